The molecule has 1 aliphatic heterocycles. The summed E-state index contributed by atoms with van der Waals surface area (Å²) in [6.07, 6.45) is 7.58. The van der Waals surface area contributed by atoms with E-state index in [4.69, 9.17) is 0 Å². The molecule has 0 spiro atoms. The number of hydrogen-bond acceptors (Lipinski definition) is 5. The Kier molecular flexibility index (Phi) is 5.67. The van der Waals surface area contributed by atoms with E-state index in [2.05, 4.69) is 36.3 Å². The molecule has 1 N–H and O–H groups in total. The zero-order chi connectivity index (χ0) is 18.8. The van der Waals surface area contributed by atoms with Gasteiger partial charge in [-0.05, 0) is 55.6 Å². The topological polar surface area (TPSA) is 74.7 Å². The summed E-state index contributed by atoms with van der Waals surface area (Å²) in [5, 5.41) is 4.53. The Hall–Kier alpha value is -1.47. The van der Waals surface area contributed by atoms with Crippen molar-refractivity contribution in [1.29, 1.82) is 0 Å². The number of piperidine rings is 1. The lowest BCUT2D eigenvalue weighted by Gasteiger charge is -2.34. The highest BCUT2D eigenvalue weighted by atomic mass is 32.2. The molecule has 2 fully saturated rings. The van der Waals surface area contributed by atoms with Gasteiger partial charge in [-0.1, -0.05) is 27.2 Å². The zero-order valence-electron chi connectivity index (χ0n) is 16.0. The molecule has 1 saturated heterocycles. The van der Waals surface area contributed by atoms with Gasteiger partial charge in [0.25, 0.3) is 0 Å². The molecule has 2 heterocycles. The normalized spacial score (nSPS) is 26.0. The highest BCUT2D eigenvalue weighted by molar-refractivity contribution is 7.89. The number of sulfonamides is 1. The number of rotatable bonds is 4. The minimum Gasteiger partial charge on any atom is -0.261 e. The van der Waals surface area contributed by atoms with Crippen LogP contribution in [0.15, 0.2) is 28.3 Å². The van der Waals surface area contributed by atoms with Gasteiger partial charge in [0.1, 0.15) is 10.7 Å². The van der Waals surface area contributed by atoms with Crippen molar-refractivity contribution in [3.05, 3.63) is 18.3 Å². The van der Waals surface area contributed by atoms with Gasteiger partial charge in [0.2, 0.25) is 10.0 Å². The van der Waals surface area contributed by atoms with Gasteiger partial charge in [0.05, 0.1) is 0 Å². The second-order valence-electron chi connectivity index (χ2n) is 8.49. The quantitative estimate of drug-likeness (QED) is 0.807. The largest absolute Gasteiger partial charge is 0.261 e. The lowest BCUT2D eigenvalue weighted by molar-refractivity contribution is 0.266. The Bertz CT molecular complexity index is 750. The summed E-state index contributed by atoms with van der Waals surface area (Å²) < 4.78 is 26.9. The summed E-state index contributed by atoms with van der Waals surface area (Å²) in [4.78, 5) is 4.51. The van der Waals surface area contributed by atoms with E-state index in [1.807, 2.05) is 0 Å². The van der Waals surface area contributed by atoms with Gasteiger partial charge in [0, 0.05) is 25.0 Å². The predicted molar refractivity (Wildman–Crippen MR) is 105 cm³/mol. The second-order valence-corrected chi connectivity index (χ2v) is 10.4. The average molecular weight is 379 g/mol. The third kappa shape index (κ3) is 4.62. The standard InChI is InChI=1S/C19H30N4O2S/c1-15-11-16(13-19(2,3)12-15)21-22-18-8-7-17(14-20-18)26(24,25)23-9-5-4-6-10-23/h7-8,14-15H,4-6,9-13H2,1-3H3,(H,20,22)/b21-16+. The average Bonchev–Trinajstić information content (AvgIpc) is 2.59. The molecule has 1 atom stereocenters. The van der Waals surface area contributed by atoms with E-state index in [-0.39, 0.29) is 10.3 Å². The lowest BCUT2D eigenvalue weighted by atomic mass is 9.72. The van der Waals surface area contributed by atoms with Crippen LogP contribution < -0.4 is 5.43 Å². The first-order valence-electron chi connectivity index (χ1n) is 9.54. The third-order valence-corrected chi connectivity index (χ3v) is 7.07. The van der Waals surface area contributed by atoms with Crippen molar-refractivity contribution in [3.63, 3.8) is 0 Å². The van der Waals surface area contributed by atoms with Crippen LogP contribution in [0.3, 0.4) is 0 Å². The fourth-order valence-corrected chi connectivity index (χ4v) is 5.65. The van der Waals surface area contributed by atoms with Gasteiger partial charge < -0.3 is 0 Å². The van der Waals surface area contributed by atoms with Crippen molar-refractivity contribution >= 4 is 21.6 Å². The van der Waals surface area contributed by atoms with Gasteiger partial charge in [-0.3, -0.25) is 5.43 Å². The summed E-state index contributed by atoms with van der Waals surface area (Å²) >= 11 is 0. The smallest absolute Gasteiger partial charge is 0.244 e. The summed E-state index contributed by atoms with van der Waals surface area (Å²) in [5.41, 5.74) is 4.43. The van der Waals surface area contributed by atoms with Gasteiger partial charge in [-0.25, -0.2) is 13.4 Å². The molecule has 1 aromatic rings. The van der Waals surface area contributed by atoms with Crippen molar-refractivity contribution in [1.82, 2.24) is 9.29 Å². The Morgan fingerprint density at radius 3 is 2.58 bits per heavy atom. The monoisotopic (exact) mass is 378 g/mol. The predicted octanol–water partition coefficient (Wildman–Crippen LogP) is 3.87. The number of nitrogens with zero attached hydrogens (tertiary/aromatic N) is 3. The highest BCUT2D eigenvalue weighted by Gasteiger charge is 2.29. The van der Waals surface area contributed by atoms with Gasteiger partial charge in [-0.15, -0.1) is 0 Å². The summed E-state index contributed by atoms with van der Waals surface area (Å²) in [6.45, 7) is 8.01. The van der Waals surface area contributed by atoms with Crippen LogP contribution in [0.4, 0.5) is 5.82 Å². The first-order valence-corrected chi connectivity index (χ1v) is 11.0. The maximum atomic E-state index is 12.6. The molecule has 0 radical (unpaired) electrons. The lowest BCUT2D eigenvalue weighted by Crippen LogP contribution is -2.35. The van der Waals surface area contributed by atoms with Gasteiger partial charge in [0.15, 0.2) is 0 Å². The van der Waals surface area contributed by atoms with Crippen LogP contribution in [0, 0.1) is 11.3 Å². The van der Waals surface area contributed by atoms with Crippen molar-refractivity contribution < 1.29 is 8.42 Å². The van der Waals surface area contributed by atoms with E-state index in [9.17, 15) is 8.42 Å². The molecule has 144 valence electrons. The SMILES string of the molecule is CC1C/C(=N\Nc2ccc(S(=O)(=O)N3CCCCC3)cn2)CC(C)(C)C1. The first-order chi connectivity index (χ1) is 12.3. The number of nitrogens with one attached hydrogen (secondary N) is 1. The van der Waals surface area contributed by atoms with Crippen molar-refractivity contribution in [2.45, 2.75) is 64.2 Å². The molecule has 6 nitrogen and oxygen atoms in total. The van der Waals surface area contributed by atoms with E-state index in [0.717, 1.165) is 37.8 Å². The first kappa shape index (κ1) is 19.3. The molecule has 7 heteroatoms. The molecular formula is C19H30N4O2S. The number of hydrazone groups is 1. The van der Waals surface area contributed by atoms with Gasteiger partial charge in [-0.2, -0.15) is 9.41 Å². The highest BCUT2D eigenvalue weighted by Crippen LogP contribution is 2.37. The molecule has 1 unspecified atom stereocenters. The van der Waals surface area contributed by atoms with Crippen LogP contribution in [0.5, 0.6) is 0 Å². The van der Waals surface area contributed by atoms with E-state index in [1.54, 1.807) is 16.4 Å². The van der Waals surface area contributed by atoms with Crippen molar-refractivity contribution in [2.75, 3.05) is 18.5 Å². The van der Waals surface area contributed by atoms with Crippen LogP contribution in [-0.4, -0.2) is 36.5 Å². The molecule has 1 saturated carbocycles. The van der Waals surface area contributed by atoms with Gasteiger partial charge >= 0.3 is 0 Å². The van der Waals surface area contributed by atoms with Crippen LogP contribution in [-0.2, 0) is 10.0 Å². The number of hydrogen-bond donors (Lipinski definition) is 1. The molecule has 0 amide bonds. The minimum atomic E-state index is -3.43. The molecule has 1 aromatic heterocycles. The molecule has 1 aliphatic carbocycles. The van der Waals surface area contributed by atoms with Crippen LogP contribution in [0.1, 0.15) is 59.3 Å². The molecule has 0 aromatic carbocycles. The molecular weight excluding hydrogens is 348 g/mol. The van der Waals surface area contributed by atoms with E-state index in [1.165, 1.54) is 12.6 Å². The summed E-state index contributed by atoms with van der Waals surface area (Å²) in [6, 6.07) is 3.31. The third-order valence-electron chi connectivity index (χ3n) is 5.19. The molecule has 3 rings (SSSR count). The Labute approximate surface area is 157 Å². The maximum absolute atomic E-state index is 12.6. The van der Waals surface area contributed by atoms with Crippen LogP contribution in [0.2, 0.25) is 0 Å². The van der Waals surface area contributed by atoms with E-state index in [0.29, 0.717) is 24.8 Å². The molecule has 2 aliphatic rings. The fraction of sp³-hybridized carbons (Fsp3) is 0.684. The second kappa shape index (κ2) is 7.64. The fourth-order valence-electron chi connectivity index (χ4n) is 4.19. The zero-order valence-corrected chi connectivity index (χ0v) is 16.8. The maximum Gasteiger partial charge on any atom is 0.244 e. The van der Waals surface area contributed by atoms with Crippen molar-refractivity contribution in [2.24, 2.45) is 16.4 Å². The van der Waals surface area contributed by atoms with E-state index >= 15 is 0 Å². The van der Waals surface area contributed by atoms with Crippen LogP contribution >= 0.6 is 0 Å². The Morgan fingerprint density at radius 1 is 1.23 bits per heavy atom. The summed E-state index contributed by atoms with van der Waals surface area (Å²) in [5.74, 6) is 1.20. The minimum absolute atomic E-state index is 0.255. The molecule has 26 heavy (non-hydrogen) atoms. The van der Waals surface area contributed by atoms with Crippen LogP contribution in [0.25, 0.3) is 0 Å². The summed E-state index contributed by atoms with van der Waals surface area (Å²) in [7, 11) is -3.43. The number of anilines is 1. The van der Waals surface area contributed by atoms with Crippen molar-refractivity contribution in [3.8, 4) is 0 Å². The number of aromatic nitrogens is 1. The van der Waals surface area contributed by atoms with E-state index < -0.39 is 10.0 Å². The molecule has 0 bridgehead atoms. The number of pyridine rings is 1. The Morgan fingerprint density at radius 2 is 1.96 bits per heavy atom. The Balaban J connectivity index is 1.67.